The van der Waals surface area contributed by atoms with Crippen molar-refractivity contribution in [2.75, 3.05) is 0 Å². The van der Waals surface area contributed by atoms with Crippen LogP contribution in [0.25, 0.3) is 0 Å². The highest BCUT2D eigenvalue weighted by Gasteiger charge is 0.0000225. The van der Waals surface area contributed by atoms with Crippen molar-refractivity contribution < 1.29 is 38.3 Å². The van der Waals surface area contributed by atoms with Gasteiger partial charge in [-0.15, -0.1) is 0 Å². The summed E-state index contributed by atoms with van der Waals surface area (Å²) in [6, 6.07) is 0. The van der Waals surface area contributed by atoms with E-state index in [1.165, 1.54) is 0 Å². The van der Waals surface area contributed by atoms with Gasteiger partial charge < -0.3 is 38.3 Å². The topological polar surface area (TPSA) is 220 Å². The van der Waals surface area contributed by atoms with Crippen LogP contribution in [-0.4, -0.2) is 61.4 Å². The van der Waals surface area contributed by atoms with Crippen LogP contribution >= 0.6 is 13.5 Å². The first-order chi connectivity index (χ1) is 0. The molecular formula is H16MgO7S. The van der Waals surface area contributed by atoms with E-state index in [2.05, 4.69) is 0 Å². The molecule has 0 saturated heterocycles. The molecule has 14 N–H and O–H groups in total. The van der Waals surface area contributed by atoms with Gasteiger partial charge in [-0.05, 0) is 0 Å². The molecule has 9 heteroatoms. The largest absolute Gasteiger partial charge is 0.412 e. The van der Waals surface area contributed by atoms with Gasteiger partial charge in [0.15, 0.2) is 0 Å². The van der Waals surface area contributed by atoms with E-state index in [1.54, 1.807) is 0 Å². The molecule has 0 unspecified atom stereocenters. The molecule has 0 aliphatic heterocycles. The summed E-state index contributed by atoms with van der Waals surface area (Å²) in [7, 11) is 0. The minimum atomic E-state index is 0. The van der Waals surface area contributed by atoms with Crippen LogP contribution < -0.4 is 0 Å². The third-order valence-electron chi connectivity index (χ3n) is 0. The molecule has 0 aromatic rings. The van der Waals surface area contributed by atoms with Gasteiger partial charge in [0.05, 0.1) is 0 Å². The maximum atomic E-state index is 0. The average molecular weight is 184 g/mol. The Morgan fingerprint density at radius 1 is 0.333 bits per heavy atom. The second-order valence-corrected chi connectivity index (χ2v) is 0. The van der Waals surface area contributed by atoms with Crippen LogP contribution in [0.15, 0.2) is 0 Å². The lowest BCUT2D eigenvalue weighted by Gasteiger charge is -0.413. The van der Waals surface area contributed by atoms with Gasteiger partial charge in [0, 0.05) is 23.1 Å². The maximum Gasteiger partial charge on any atom is 0 e. The van der Waals surface area contributed by atoms with Crippen LogP contribution in [0.1, 0.15) is 0 Å². The van der Waals surface area contributed by atoms with E-state index >= 15 is 0 Å². The monoisotopic (exact) mass is 184 g/mol. The fourth-order valence-corrected chi connectivity index (χ4v) is 0. The van der Waals surface area contributed by atoms with E-state index in [4.69, 9.17) is 0 Å². The van der Waals surface area contributed by atoms with Crippen LogP contribution in [0.3, 0.4) is 0 Å². The lowest BCUT2D eigenvalue weighted by Crippen LogP contribution is -0.381. The van der Waals surface area contributed by atoms with Crippen molar-refractivity contribution in [1.29, 1.82) is 0 Å². The molecule has 0 aromatic carbocycles. The minimum absolute atomic E-state index is 0. The summed E-state index contributed by atoms with van der Waals surface area (Å²) >= 11 is 0. The zero-order chi connectivity index (χ0) is 0. The predicted molar refractivity (Wildman–Crippen MR) is 41.4 cm³/mol. The Hall–Kier alpha value is 0.836. The fourth-order valence-electron chi connectivity index (χ4n) is 0. The molecule has 0 heterocycles. The van der Waals surface area contributed by atoms with Gasteiger partial charge in [-0.25, -0.2) is 0 Å². The third kappa shape index (κ3) is 591. The molecule has 0 amide bonds. The Morgan fingerprint density at radius 3 is 0.333 bits per heavy atom. The molecular weight excluding hydrogens is 168 g/mol. The molecule has 0 rings (SSSR count). The summed E-state index contributed by atoms with van der Waals surface area (Å²) in [4.78, 5) is 0. The molecule has 0 aliphatic rings. The van der Waals surface area contributed by atoms with Gasteiger partial charge in [-0.2, -0.15) is 13.5 Å². The van der Waals surface area contributed by atoms with E-state index in [9.17, 15) is 0 Å². The molecule has 66 valence electrons. The highest BCUT2D eigenvalue weighted by Crippen LogP contribution is 0.648. The van der Waals surface area contributed by atoms with Crippen molar-refractivity contribution >= 4 is 36.5 Å². The summed E-state index contributed by atoms with van der Waals surface area (Å²) < 4.78 is 0. The van der Waals surface area contributed by atoms with Crippen LogP contribution in [0.2, 0.25) is 0 Å². The van der Waals surface area contributed by atoms with Gasteiger partial charge in [0.25, 0.3) is 0 Å². The lowest BCUT2D eigenvalue weighted by molar-refractivity contribution is 0.823. The smallest absolute Gasteiger partial charge is 0 e. The van der Waals surface area contributed by atoms with Crippen molar-refractivity contribution in [3.63, 3.8) is 0 Å². The zero-order valence-electron chi connectivity index (χ0n) is 4.71. The molecule has 0 fully saturated rings. The standard InChI is InChI=1S/Mg.7H2O.H2S/h;8*1H2. The average Bonchev–Trinajstić information content (AvgIpc) is 0. The van der Waals surface area contributed by atoms with E-state index in [-0.39, 0.29) is 74.9 Å². The molecule has 0 aromatic heterocycles. The van der Waals surface area contributed by atoms with Gasteiger partial charge in [0.1, 0.15) is 0 Å². The molecule has 0 atom stereocenters. The molecule has 0 saturated carbocycles. The van der Waals surface area contributed by atoms with Crippen LogP contribution in [0.4, 0.5) is 0 Å². The van der Waals surface area contributed by atoms with E-state index in [1.807, 2.05) is 0 Å². The first-order valence-corrected chi connectivity index (χ1v) is 0. The second-order valence-electron chi connectivity index (χ2n) is 0. The first kappa shape index (κ1) is 1100. The van der Waals surface area contributed by atoms with Gasteiger partial charge in [-0.1, -0.05) is 0 Å². The lowest BCUT2D eigenvalue weighted by atomic mass is 16.0. The van der Waals surface area contributed by atoms with E-state index in [0.717, 1.165) is 0 Å². The highest BCUT2D eigenvalue weighted by atomic mass is 32.1. The Kier molecular flexibility index (Phi) is 94700. The Bertz CT molecular complexity index is 8.88. The molecule has 0 aliphatic carbocycles. The van der Waals surface area contributed by atoms with Gasteiger partial charge in [0.2, 0.25) is 0 Å². The normalized spacial score (nSPS) is 0. The van der Waals surface area contributed by atoms with Crippen molar-refractivity contribution in [3.05, 3.63) is 0 Å². The Balaban J connectivity index is 0. The minimum Gasteiger partial charge on any atom is -0.412 e. The quantitative estimate of drug-likeness (QED) is 0.321. The van der Waals surface area contributed by atoms with Crippen LogP contribution in [-0.2, 0) is 0 Å². The summed E-state index contributed by atoms with van der Waals surface area (Å²) in [6.45, 7) is 0. The van der Waals surface area contributed by atoms with Gasteiger partial charge in [-0.3, -0.25) is 0 Å². The van der Waals surface area contributed by atoms with Crippen molar-refractivity contribution in [2.45, 2.75) is 0 Å². The number of hydrogen-bond donors (Lipinski definition) is 0. The highest BCUT2D eigenvalue weighted by molar-refractivity contribution is 7.59. The predicted octanol–water partition coefficient (Wildman–Crippen LogP) is -6.04. The zero-order valence-corrected chi connectivity index (χ0v) is 7.12. The first-order valence-electron chi connectivity index (χ1n) is 0. The van der Waals surface area contributed by atoms with Crippen molar-refractivity contribution in [1.82, 2.24) is 0 Å². The summed E-state index contributed by atoms with van der Waals surface area (Å²) in [5.41, 5.74) is 0. The van der Waals surface area contributed by atoms with Crippen molar-refractivity contribution in [2.24, 2.45) is 0 Å². The van der Waals surface area contributed by atoms with Crippen LogP contribution in [0.5, 0.6) is 0 Å². The molecule has 9 heavy (non-hydrogen) atoms. The molecule has 0 bridgehead atoms. The Morgan fingerprint density at radius 2 is 0.333 bits per heavy atom. The summed E-state index contributed by atoms with van der Waals surface area (Å²) in [5.74, 6) is 0. The number of hydrogen-bond acceptors (Lipinski definition) is 0. The van der Waals surface area contributed by atoms with Crippen LogP contribution in [0, 0.1) is 0 Å². The second kappa shape index (κ2) is 776. The van der Waals surface area contributed by atoms with E-state index in [0.29, 0.717) is 0 Å². The Labute approximate surface area is 75.2 Å². The van der Waals surface area contributed by atoms with Gasteiger partial charge >= 0.3 is 0 Å². The number of rotatable bonds is 0. The summed E-state index contributed by atoms with van der Waals surface area (Å²) in [5, 5.41) is 0. The molecule has 2 radical (unpaired) electrons. The fraction of sp³-hybridized carbons (Fsp3) is 0. The van der Waals surface area contributed by atoms with Crippen molar-refractivity contribution in [3.8, 4) is 0 Å². The summed E-state index contributed by atoms with van der Waals surface area (Å²) in [6.07, 6.45) is 0. The molecule has 0 spiro atoms. The molecule has 7 nitrogen and oxygen atoms in total. The SMILES string of the molecule is O.O.O.O.O.O.O.S.[Mg]. The third-order valence-corrected chi connectivity index (χ3v) is 0. The maximum absolute atomic E-state index is 0. The van der Waals surface area contributed by atoms with E-state index < -0.39 is 0 Å².